The molecular weight excluding hydrogens is 214 g/mol. The van der Waals surface area contributed by atoms with Gasteiger partial charge in [-0.25, -0.2) is 9.97 Å². The molecule has 4 nitrogen and oxygen atoms in total. The summed E-state index contributed by atoms with van der Waals surface area (Å²) in [6.07, 6.45) is 7.13. The Morgan fingerprint density at radius 1 is 1.47 bits per heavy atom. The van der Waals surface area contributed by atoms with Crippen LogP contribution in [0.5, 0.6) is 0 Å². The van der Waals surface area contributed by atoms with Crippen LogP contribution in [0, 0.1) is 0 Å². The summed E-state index contributed by atoms with van der Waals surface area (Å²) in [4.78, 5) is 8.31. The number of methoxy groups -OCH3 is 1. The zero-order valence-corrected chi connectivity index (χ0v) is 9.24. The molecule has 0 radical (unpaired) electrons. The van der Waals surface area contributed by atoms with Gasteiger partial charge < -0.3 is 4.74 Å². The van der Waals surface area contributed by atoms with Crippen molar-refractivity contribution in [3.8, 4) is 0 Å². The predicted octanol–water partition coefficient (Wildman–Crippen LogP) is 1.96. The second kappa shape index (κ2) is 4.59. The number of ether oxygens (including phenoxy) is 1. The normalized spacial score (nSPS) is 11.1. The smallest absolute Gasteiger partial charge is 0.154 e. The number of rotatable bonds is 4. The van der Waals surface area contributed by atoms with Crippen molar-refractivity contribution in [1.82, 2.24) is 14.4 Å². The number of hydrogen-bond acceptors (Lipinski definition) is 3. The van der Waals surface area contributed by atoms with E-state index in [2.05, 4.69) is 9.97 Å². The molecular formula is C10H12ClN3O. The largest absolute Gasteiger partial charge is 0.385 e. The van der Waals surface area contributed by atoms with Crippen LogP contribution < -0.4 is 0 Å². The molecule has 0 atom stereocenters. The fourth-order valence-electron chi connectivity index (χ4n) is 1.51. The number of halogens is 1. The molecule has 0 saturated heterocycles. The molecule has 0 aliphatic rings. The third kappa shape index (κ3) is 2.11. The lowest BCUT2D eigenvalue weighted by Gasteiger charge is -2.01. The first kappa shape index (κ1) is 10.4. The van der Waals surface area contributed by atoms with Crippen LogP contribution in [0.15, 0.2) is 18.6 Å². The Hall–Kier alpha value is -1.13. The average Bonchev–Trinajstić information content (AvgIpc) is 2.64. The highest BCUT2D eigenvalue weighted by molar-refractivity contribution is 6.32. The maximum Gasteiger partial charge on any atom is 0.154 e. The minimum absolute atomic E-state index is 0.489. The van der Waals surface area contributed by atoms with Gasteiger partial charge in [-0.1, -0.05) is 11.6 Å². The van der Waals surface area contributed by atoms with E-state index in [0.717, 1.165) is 30.8 Å². The van der Waals surface area contributed by atoms with Crippen LogP contribution in [0.4, 0.5) is 0 Å². The first-order chi connectivity index (χ1) is 7.33. The third-order valence-corrected chi connectivity index (χ3v) is 2.53. The van der Waals surface area contributed by atoms with Crippen LogP contribution in [0.3, 0.4) is 0 Å². The highest BCUT2D eigenvalue weighted by Gasteiger charge is 2.05. The Morgan fingerprint density at radius 3 is 3.13 bits per heavy atom. The van der Waals surface area contributed by atoms with Gasteiger partial charge in [-0.3, -0.25) is 4.40 Å². The van der Waals surface area contributed by atoms with Gasteiger partial charge in [0.1, 0.15) is 11.3 Å². The second-order valence-corrected chi connectivity index (χ2v) is 3.60. The SMILES string of the molecule is COCCCc1ncc2c(Cl)nccn12. The Morgan fingerprint density at radius 2 is 2.33 bits per heavy atom. The van der Waals surface area contributed by atoms with Crippen molar-refractivity contribution in [2.75, 3.05) is 13.7 Å². The first-order valence-corrected chi connectivity index (χ1v) is 5.16. The van der Waals surface area contributed by atoms with E-state index in [4.69, 9.17) is 16.3 Å². The van der Waals surface area contributed by atoms with E-state index in [1.807, 2.05) is 10.6 Å². The number of fused-ring (bicyclic) bond motifs is 1. The Labute approximate surface area is 92.9 Å². The fourth-order valence-corrected chi connectivity index (χ4v) is 1.71. The van der Waals surface area contributed by atoms with Crippen molar-refractivity contribution < 1.29 is 4.74 Å². The third-order valence-electron chi connectivity index (χ3n) is 2.24. The Kier molecular flexibility index (Phi) is 3.18. The maximum atomic E-state index is 5.94. The lowest BCUT2D eigenvalue weighted by molar-refractivity contribution is 0.194. The summed E-state index contributed by atoms with van der Waals surface area (Å²) < 4.78 is 6.96. The van der Waals surface area contributed by atoms with Crippen LogP contribution in [-0.4, -0.2) is 28.1 Å². The molecule has 2 heterocycles. The van der Waals surface area contributed by atoms with E-state index in [9.17, 15) is 0 Å². The van der Waals surface area contributed by atoms with Crippen molar-refractivity contribution in [2.24, 2.45) is 0 Å². The molecule has 0 fully saturated rings. The molecule has 2 aromatic rings. The zero-order chi connectivity index (χ0) is 10.7. The fraction of sp³-hybridized carbons (Fsp3) is 0.400. The van der Waals surface area contributed by atoms with Crippen LogP contribution in [0.1, 0.15) is 12.2 Å². The van der Waals surface area contributed by atoms with E-state index in [1.54, 1.807) is 19.5 Å². The molecule has 0 bridgehead atoms. The van der Waals surface area contributed by atoms with E-state index >= 15 is 0 Å². The predicted molar refractivity (Wildman–Crippen MR) is 58.2 cm³/mol. The quantitative estimate of drug-likeness (QED) is 0.747. The molecule has 0 aromatic carbocycles. The number of imidazole rings is 1. The topological polar surface area (TPSA) is 39.4 Å². The number of hydrogen-bond donors (Lipinski definition) is 0. The average molecular weight is 226 g/mol. The Balaban J connectivity index is 2.25. The molecule has 0 amide bonds. The molecule has 15 heavy (non-hydrogen) atoms. The molecule has 0 aliphatic heterocycles. The van der Waals surface area contributed by atoms with Crippen LogP contribution >= 0.6 is 11.6 Å². The molecule has 5 heteroatoms. The summed E-state index contributed by atoms with van der Waals surface area (Å²) in [6.45, 7) is 0.744. The van der Waals surface area contributed by atoms with Gasteiger partial charge in [0, 0.05) is 32.5 Å². The minimum atomic E-state index is 0.489. The van der Waals surface area contributed by atoms with Gasteiger partial charge in [0.25, 0.3) is 0 Å². The van der Waals surface area contributed by atoms with Gasteiger partial charge in [-0.2, -0.15) is 0 Å². The van der Waals surface area contributed by atoms with Gasteiger partial charge in [0.15, 0.2) is 5.15 Å². The van der Waals surface area contributed by atoms with Gasteiger partial charge >= 0.3 is 0 Å². The number of aryl methyl sites for hydroxylation is 1. The van der Waals surface area contributed by atoms with Crippen molar-refractivity contribution in [3.63, 3.8) is 0 Å². The highest BCUT2D eigenvalue weighted by atomic mass is 35.5. The second-order valence-electron chi connectivity index (χ2n) is 3.24. The van der Waals surface area contributed by atoms with Gasteiger partial charge in [-0.15, -0.1) is 0 Å². The Bertz CT molecular complexity index is 455. The minimum Gasteiger partial charge on any atom is -0.385 e. The van der Waals surface area contributed by atoms with Crippen molar-refractivity contribution in [3.05, 3.63) is 29.6 Å². The van der Waals surface area contributed by atoms with E-state index in [1.165, 1.54) is 0 Å². The first-order valence-electron chi connectivity index (χ1n) is 4.78. The standard InChI is InChI=1S/C10H12ClN3O/c1-15-6-2-3-9-13-7-8-10(11)12-4-5-14(8)9/h4-5,7H,2-3,6H2,1H3. The maximum absolute atomic E-state index is 5.94. The summed E-state index contributed by atoms with van der Waals surface area (Å²) in [7, 11) is 1.70. The van der Waals surface area contributed by atoms with Crippen LogP contribution in [0.2, 0.25) is 5.15 Å². The summed E-state index contributed by atoms with van der Waals surface area (Å²) >= 11 is 5.94. The molecule has 0 unspecified atom stereocenters. The number of nitrogens with zero attached hydrogens (tertiary/aromatic N) is 3. The van der Waals surface area contributed by atoms with Gasteiger partial charge in [-0.05, 0) is 6.42 Å². The highest BCUT2D eigenvalue weighted by Crippen LogP contribution is 2.15. The molecule has 2 aromatic heterocycles. The molecule has 2 rings (SSSR count). The lowest BCUT2D eigenvalue weighted by Crippen LogP contribution is -1.98. The summed E-state index contributed by atoms with van der Waals surface area (Å²) in [6, 6.07) is 0. The molecule has 0 saturated carbocycles. The van der Waals surface area contributed by atoms with E-state index in [0.29, 0.717) is 5.15 Å². The zero-order valence-electron chi connectivity index (χ0n) is 8.48. The lowest BCUT2D eigenvalue weighted by atomic mass is 10.3. The monoisotopic (exact) mass is 225 g/mol. The van der Waals surface area contributed by atoms with Crippen molar-refractivity contribution >= 4 is 17.1 Å². The van der Waals surface area contributed by atoms with Crippen LogP contribution in [0.25, 0.3) is 5.52 Å². The summed E-state index contributed by atoms with van der Waals surface area (Å²) in [5.41, 5.74) is 0.853. The molecule has 80 valence electrons. The van der Waals surface area contributed by atoms with Gasteiger partial charge in [0.2, 0.25) is 0 Å². The van der Waals surface area contributed by atoms with Gasteiger partial charge in [0.05, 0.1) is 6.20 Å². The van der Waals surface area contributed by atoms with Crippen molar-refractivity contribution in [1.29, 1.82) is 0 Å². The van der Waals surface area contributed by atoms with Crippen molar-refractivity contribution in [2.45, 2.75) is 12.8 Å². The number of aromatic nitrogens is 3. The van der Waals surface area contributed by atoms with E-state index in [-0.39, 0.29) is 0 Å². The summed E-state index contributed by atoms with van der Waals surface area (Å²) in [5, 5.41) is 0.489. The molecule has 0 spiro atoms. The van der Waals surface area contributed by atoms with E-state index < -0.39 is 0 Å². The van der Waals surface area contributed by atoms with Crippen LogP contribution in [-0.2, 0) is 11.2 Å². The summed E-state index contributed by atoms with van der Waals surface area (Å²) in [5.74, 6) is 0.992. The molecule has 0 aliphatic carbocycles. The molecule has 0 N–H and O–H groups in total.